The Balaban J connectivity index is 2.31. The van der Waals surface area contributed by atoms with Crippen molar-refractivity contribution in [1.82, 2.24) is 4.90 Å². The Hall–Kier alpha value is -0.155. The van der Waals surface area contributed by atoms with Crippen LogP contribution in [0.15, 0.2) is 0 Å². The predicted molar refractivity (Wildman–Crippen MR) is 54.9 cm³/mol. The molecule has 1 aliphatic heterocycles. The molecular formula is C9H20BF2N2+. The average molecular weight is 205 g/mol. The second kappa shape index (κ2) is 4.58. The van der Waals surface area contributed by atoms with Crippen LogP contribution in [0.1, 0.15) is 20.8 Å². The maximum atomic E-state index is 12.1. The van der Waals surface area contributed by atoms with E-state index in [-0.39, 0.29) is 12.0 Å². The van der Waals surface area contributed by atoms with Gasteiger partial charge >= 0.3 is 7.27 Å². The van der Waals surface area contributed by atoms with Crippen molar-refractivity contribution in [1.29, 1.82) is 0 Å². The zero-order valence-electron chi connectivity index (χ0n) is 9.32. The summed E-state index contributed by atoms with van der Waals surface area (Å²) in [6.45, 7) is 10.1. The molecule has 0 saturated carbocycles. The highest BCUT2D eigenvalue weighted by atomic mass is 19.2. The zero-order valence-corrected chi connectivity index (χ0v) is 9.32. The van der Waals surface area contributed by atoms with Crippen molar-refractivity contribution in [2.45, 2.75) is 26.3 Å². The van der Waals surface area contributed by atoms with Crippen LogP contribution in [0.2, 0.25) is 0 Å². The fraction of sp³-hybridized carbons (Fsp3) is 1.00. The van der Waals surface area contributed by atoms with Gasteiger partial charge in [0.25, 0.3) is 0 Å². The molecule has 82 valence electrons. The van der Waals surface area contributed by atoms with Crippen molar-refractivity contribution in [3.8, 4) is 0 Å². The summed E-state index contributed by atoms with van der Waals surface area (Å²) in [5.41, 5.74) is 0.177. The molecule has 1 fully saturated rings. The molecule has 0 amide bonds. The molecule has 5 heteroatoms. The monoisotopic (exact) mass is 205 g/mol. The Bertz CT molecular complexity index is 174. The first-order valence-electron chi connectivity index (χ1n) is 5.26. The van der Waals surface area contributed by atoms with Crippen LogP contribution in [0.25, 0.3) is 0 Å². The minimum absolute atomic E-state index is 0.0119. The van der Waals surface area contributed by atoms with Gasteiger partial charge in [0.05, 0.1) is 13.1 Å². The first-order valence-corrected chi connectivity index (χ1v) is 5.26. The quantitative estimate of drug-likeness (QED) is 0.621. The van der Waals surface area contributed by atoms with E-state index < -0.39 is 7.27 Å². The topological polar surface area (TPSA) is 7.68 Å². The Morgan fingerprint density at radius 1 is 1.21 bits per heavy atom. The van der Waals surface area contributed by atoms with Gasteiger partial charge in [-0.2, -0.15) is 0 Å². The molecule has 0 spiro atoms. The van der Waals surface area contributed by atoms with Crippen LogP contribution in [0.3, 0.4) is 0 Å². The Kier molecular flexibility index (Phi) is 3.90. The fourth-order valence-corrected chi connectivity index (χ4v) is 1.92. The summed E-state index contributed by atoms with van der Waals surface area (Å²) in [5.74, 6) is 0. The molecule has 0 aromatic rings. The number of nitrogens with zero attached hydrogens (tertiary/aromatic N) is 1. The van der Waals surface area contributed by atoms with Crippen LogP contribution in [0, 0.1) is 0 Å². The van der Waals surface area contributed by atoms with Crippen LogP contribution in [-0.4, -0.2) is 50.3 Å². The van der Waals surface area contributed by atoms with Crippen LogP contribution in [-0.2, 0) is 0 Å². The van der Waals surface area contributed by atoms with Crippen molar-refractivity contribution in [2.75, 3.05) is 32.6 Å². The second-order valence-corrected chi connectivity index (χ2v) is 5.00. The number of rotatable bonds is 2. The van der Waals surface area contributed by atoms with E-state index >= 15 is 0 Å². The van der Waals surface area contributed by atoms with Gasteiger partial charge in [-0.05, 0) is 20.8 Å². The Morgan fingerprint density at radius 2 is 1.71 bits per heavy atom. The minimum atomic E-state index is -2.16. The van der Waals surface area contributed by atoms with Crippen LogP contribution in [0.5, 0.6) is 0 Å². The van der Waals surface area contributed by atoms with Gasteiger partial charge in [0, 0.05) is 18.6 Å². The highest BCUT2D eigenvalue weighted by Gasteiger charge is 2.30. The third kappa shape index (κ3) is 3.54. The van der Waals surface area contributed by atoms with Gasteiger partial charge in [-0.25, -0.2) is 0 Å². The van der Waals surface area contributed by atoms with E-state index in [1.54, 1.807) is 0 Å². The first kappa shape index (κ1) is 11.9. The lowest BCUT2D eigenvalue weighted by Crippen LogP contribution is -3.16. The number of quaternary nitrogens is 1. The van der Waals surface area contributed by atoms with Gasteiger partial charge in [0.2, 0.25) is 0 Å². The maximum absolute atomic E-state index is 12.1. The largest absolute Gasteiger partial charge is 0.592 e. The van der Waals surface area contributed by atoms with E-state index in [4.69, 9.17) is 0 Å². The van der Waals surface area contributed by atoms with Gasteiger partial charge < -0.3 is 4.90 Å². The van der Waals surface area contributed by atoms with E-state index in [1.807, 2.05) is 0 Å². The molecule has 14 heavy (non-hydrogen) atoms. The molecule has 0 aromatic carbocycles. The summed E-state index contributed by atoms with van der Waals surface area (Å²) >= 11 is 0. The first-order chi connectivity index (χ1) is 6.39. The molecule has 1 heterocycles. The van der Waals surface area contributed by atoms with Crippen molar-refractivity contribution >= 4 is 7.27 Å². The number of hydrogen-bond acceptors (Lipinski definition) is 1. The third-order valence-electron chi connectivity index (χ3n) is 2.86. The molecule has 1 N–H and O–H groups in total. The molecule has 0 aliphatic carbocycles. The van der Waals surface area contributed by atoms with Crippen LogP contribution < -0.4 is 4.90 Å². The highest BCUT2D eigenvalue weighted by molar-refractivity contribution is 6.42. The summed E-state index contributed by atoms with van der Waals surface area (Å²) in [4.78, 5) is 3.41. The number of halogens is 2. The molecule has 0 aromatic heterocycles. The lowest BCUT2D eigenvalue weighted by atomic mass is 9.97. The van der Waals surface area contributed by atoms with E-state index in [0.717, 1.165) is 31.1 Å². The van der Waals surface area contributed by atoms with Crippen LogP contribution in [0.4, 0.5) is 8.63 Å². The fourth-order valence-electron chi connectivity index (χ4n) is 1.92. The number of hydrogen-bond donors (Lipinski definition) is 1. The molecule has 0 bridgehead atoms. The predicted octanol–water partition coefficient (Wildman–Crippen LogP) is -0.0482. The summed E-state index contributed by atoms with van der Waals surface area (Å²) in [7, 11) is -2.16. The van der Waals surface area contributed by atoms with Gasteiger partial charge in [0.1, 0.15) is 6.44 Å². The molecule has 0 atom stereocenters. The molecule has 1 saturated heterocycles. The van der Waals surface area contributed by atoms with E-state index in [2.05, 4.69) is 25.7 Å². The lowest BCUT2D eigenvalue weighted by molar-refractivity contribution is -0.895. The number of nitrogens with one attached hydrogen (secondary N) is 1. The standard InChI is InChI=1S/C9H19BF2N2/c1-9(2,3)14-6-4-13(5-7-14)8-10(11)12/h4-8H2,1-3H3/p+1. The SMILES string of the molecule is CC(C)(C)N1CC[NH+](CB(F)F)CC1. The summed E-state index contributed by atoms with van der Waals surface area (Å²) in [5, 5.41) is 0. The van der Waals surface area contributed by atoms with E-state index in [1.165, 1.54) is 0 Å². The number of piperazine rings is 1. The molecule has 0 radical (unpaired) electrons. The molecular weight excluding hydrogens is 185 g/mol. The summed E-state index contributed by atoms with van der Waals surface area (Å²) in [6.07, 6.45) is 0.0119. The molecule has 0 unspecified atom stereocenters. The van der Waals surface area contributed by atoms with Gasteiger partial charge in [0.15, 0.2) is 0 Å². The summed E-state index contributed by atoms with van der Waals surface area (Å²) in [6, 6.07) is 0. The average Bonchev–Trinajstić information content (AvgIpc) is 2.02. The van der Waals surface area contributed by atoms with Crippen molar-refractivity contribution < 1.29 is 13.5 Å². The van der Waals surface area contributed by atoms with E-state index in [9.17, 15) is 8.63 Å². The molecule has 1 aliphatic rings. The summed E-state index contributed by atoms with van der Waals surface area (Å²) < 4.78 is 24.2. The Morgan fingerprint density at radius 3 is 2.07 bits per heavy atom. The molecule has 2 nitrogen and oxygen atoms in total. The maximum Gasteiger partial charge on any atom is 0.592 e. The van der Waals surface area contributed by atoms with Crippen molar-refractivity contribution in [3.63, 3.8) is 0 Å². The minimum Gasteiger partial charge on any atom is -0.334 e. The zero-order chi connectivity index (χ0) is 10.8. The van der Waals surface area contributed by atoms with Gasteiger partial charge in [-0.15, -0.1) is 0 Å². The Labute approximate surface area is 85.4 Å². The lowest BCUT2D eigenvalue weighted by Gasteiger charge is -2.40. The van der Waals surface area contributed by atoms with Crippen molar-refractivity contribution in [3.05, 3.63) is 0 Å². The van der Waals surface area contributed by atoms with Crippen LogP contribution >= 0.6 is 0 Å². The smallest absolute Gasteiger partial charge is 0.334 e. The van der Waals surface area contributed by atoms with E-state index in [0.29, 0.717) is 0 Å². The molecule has 1 rings (SSSR count). The second-order valence-electron chi connectivity index (χ2n) is 5.00. The normalized spacial score (nSPS) is 21.2. The van der Waals surface area contributed by atoms with Gasteiger partial charge in [-0.3, -0.25) is 13.5 Å². The third-order valence-corrected chi connectivity index (χ3v) is 2.86. The van der Waals surface area contributed by atoms with Crippen molar-refractivity contribution in [2.24, 2.45) is 0 Å². The van der Waals surface area contributed by atoms with Gasteiger partial charge in [-0.1, -0.05) is 0 Å². The highest BCUT2D eigenvalue weighted by Crippen LogP contribution is 2.11.